The van der Waals surface area contributed by atoms with Gasteiger partial charge in [0.05, 0.1) is 61.2 Å². The molecule has 0 saturated carbocycles. The first kappa shape index (κ1) is 37.0. The van der Waals surface area contributed by atoms with Gasteiger partial charge in [0.2, 0.25) is 11.6 Å². The van der Waals surface area contributed by atoms with Crippen molar-refractivity contribution in [1.29, 1.82) is 0 Å². The van der Waals surface area contributed by atoms with Gasteiger partial charge in [-0.2, -0.15) is 0 Å². The van der Waals surface area contributed by atoms with Gasteiger partial charge in [0.1, 0.15) is 0 Å². The second-order valence-corrected chi connectivity index (χ2v) is 16.6. The maximum Gasteiger partial charge on any atom is 2.00 e. The third-order valence-electron chi connectivity index (χ3n) is 13.1. The number of hydrogen-bond donors (Lipinski definition) is 0. The quantitative estimate of drug-likeness (QED) is 0.164. The van der Waals surface area contributed by atoms with Crippen LogP contribution in [0.2, 0.25) is 0 Å². The minimum atomic E-state index is 0. The first-order valence-electron chi connectivity index (χ1n) is 21.8. The van der Waals surface area contributed by atoms with Crippen LogP contribution in [-0.4, -0.2) is 27.9 Å². The van der Waals surface area contributed by atoms with Crippen molar-refractivity contribution in [3.8, 4) is 11.4 Å². The van der Waals surface area contributed by atoms with E-state index < -0.39 is 0 Å². The summed E-state index contributed by atoms with van der Waals surface area (Å²) in [5.41, 5.74) is 19.1. The molecule has 9 aromatic carbocycles. The zero-order chi connectivity index (χ0) is 42.3. The van der Waals surface area contributed by atoms with E-state index in [1.807, 2.05) is 12.1 Å². The van der Waals surface area contributed by atoms with Crippen molar-refractivity contribution in [2.45, 2.75) is 0 Å². The van der Waals surface area contributed by atoms with Crippen LogP contribution in [0.4, 0.5) is 51.2 Å². The Labute approximate surface area is 392 Å². The molecular formula is C56H33N9Pt. The van der Waals surface area contributed by atoms with E-state index in [0.717, 1.165) is 118 Å². The molecule has 0 fully saturated rings. The van der Waals surface area contributed by atoms with Gasteiger partial charge in [-0.15, -0.1) is 36.4 Å². The van der Waals surface area contributed by atoms with E-state index in [9.17, 15) is 0 Å². The summed E-state index contributed by atoms with van der Waals surface area (Å²) in [5.74, 6) is 1.67. The molecule has 312 valence electrons. The van der Waals surface area contributed by atoms with Crippen molar-refractivity contribution in [2.24, 2.45) is 0 Å². The average molecular weight is 1030 g/mol. The zero-order valence-electron chi connectivity index (χ0n) is 34.9. The molecule has 4 aromatic heterocycles. The predicted octanol–water partition coefficient (Wildman–Crippen LogP) is 13.8. The molecule has 0 aliphatic carbocycles. The molecule has 66 heavy (non-hydrogen) atoms. The van der Waals surface area contributed by atoms with E-state index in [4.69, 9.17) is 9.97 Å². The second kappa shape index (κ2) is 13.8. The Bertz CT molecular complexity index is 3850. The number of aromatic nitrogens is 6. The second-order valence-electron chi connectivity index (χ2n) is 16.6. The molecule has 0 radical (unpaired) electrons. The Hall–Kier alpha value is -8.39. The Kier molecular flexibility index (Phi) is 7.74. The summed E-state index contributed by atoms with van der Waals surface area (Å²) in [6, 6.07) is 78.6. The Morgan fingerprint density at radius 1 is 0.318 bits per heavy atom. The standard InChI is InChI=1S/C56H33N9.Pt/c1-3-16-36(17-4-1)59-48-32-30-38(61-44-24-11-13-26-46(44)64-42-22-9-7-20-40(42)57-55(61)64)34-52(48)63-53-35-39(62-45-25-12-14-27-47(45)65-43-23-10-8-21-41(43)58-56(62)65)31-33-49(53)60(37-18-5-2-6-19-37)51-29-15-28-50(59)54(51)63;/h1-33H;/q-2;+2. The molecule has 0 bridgehead atoms. The minimum absolute atomic E-state index is 0. The van der Waals surface area contributed by atoms with Gasteiger partial charge in [-0.05, 0) is 108 Å². The monoisotopic (exact) mass is 1030 g/mol. The molecule has 2 aliphatic rings. The first-order chi connectivity index (χ1) is 32.3. The van der Waals surface area contributed by atoms with Gasteiger partial charge in [-0.3, -0.25) is 8.80 Å². The third kappa shape index (κ3) is 4.92. The van der Waals surface area contributed by atoms with Crippen LogP contribution >= 0.6 is 0 Å². The molecule has 0 amide bonds. The summed E-state index contributed by atoms with van der Waals surface area (Å²) in [4.78, 5) is 17.6. The van der Waals surface area contributed by atoms with Crippen LogP contribution in [0.5, 0.6) is 0 Å². The van der Waals surface area contributed by atoms with Crippen LogP contribution in [0, 0.1) is 12.1 Å². The van der Waals surface area contributed by atoms with Crippen LogP contribution in [0.15, 0.2) is 200 Å². The van der Waals surface area contributed by atoms with Crippen molar-refractivity contribution in [3.63, 3.8) is 0 Å². The van der Waals surface area contributed by atoms with Gasteiger partial charge in [0.15, 0.2) is 0 Å². The molecule has 0 atom stereocenters. The SMILES string of the molecule is [Pt+2].[c-]1c(-n2c3ccccc3n3c4ccccc4nc23)ccc2c1N1c3[c-]c(-n4c5ccccc5n5c6ccccc6nc45)ccc3N(c3ccccc3)c3cccc(c31)N2c1ccccc1. The molecule has 2 aliphatic heterocycles. The van der Waals surface area contributed by atoms with Gasteiger partial charge >= 0.3 is 21.1 Å². The Balaban J connectivity index is 0.00000416. The molecule has 10 heteroatoms. The van der Waals surface area contributed by atoms with Gasteiger partial charge < -0.3 is 23.8 Å². The van der Waals surface area contributed by atoms with Gasteiger partial charge in [0, 0.05) is 11.4 Å². The number of imidazole rings is 4. The fourth-order valence-corrected chi connectivity index (χ4v) is 10.5. The van der Waals surface area contributed by atoms with E-state index in [-0.39, 0.29) is 21.1 Å². The van der Waals surface area contributed by atoms with Crippen molar-refractivity contribution < 1.29 is 21.1 Å². The Morgan fingerprint density at radius 2 is 0.712 bits per heavy atom. The predicted molar refractivity (Wildman–Crippen MR) is 261 cm³/mol. The molecule has 0 N–H and O–H groups in total. The number of para-hydroxylation sites is 11. The summed E-state index contributed by atoms with van der Waals surface area (Å²) < 4.78 is 9.02. The first-order valence-corrected chi connectivity index (χ1v) is 21.8. The maximum atomic E-state index is 5.25. The number of hydrogen-bond acceptors (Lipinski definition) is 5. The third-order valence-corrected chi connectivity index (χ3v) is 13.1. The van der Waals surface area contributed by atoms with Crippen molar-refractivity contribution >= 4 is 107 Å². The van der Waals surface area contributed by atoms with Crippen molar-refractivity contribution in [3.05, 3.63) is 212 Å². The minimum Gasteiger partial charge on any atom is -0.362 e. The van der Waals surface area contributed by atoms with E-state index in [1.165, 1.54) is 0 Å². The number of fused-ring (bicyclic) bond motifs is 14. The summed E-state index contributed by atoms with van der Waals surface area (Å²) in [7, 11) is 0. The fraction of sp³-hybridized carbons (Fsp3) is 0. The van der Waals surface area contributed by atoms with Gasteiger partial charge in [-0.25, -0.2) is 9.97 Å². The largest absolute Gasteiger partial charge is 2.00 e. The summed E-state index contributed by atoms with van der Waals surface area (Å²) in [6.07, 6.45) is 0. The number of benzene rings is 9. The summed E-state index contributed by atoms with van der Waals surface area (Å²) in [5, 5.41) is 0. The smallest absolute Gasteiger partial charge is 0.362 e. The molecule has 0 spiro atoms. The van der Waals surface area contributed by atoms with Crippen LogP contribution < -0.4 is 14.7 Å². The Morgan fingerprint density at radius 3 is 1.17 bits per heavy atom. The number of rotatable bonds is 4. The number of nitrogens with zero attached hydrogens (tertiary/aromatic N) is 9. The summed E-state index contributed by atoms with van der Waals surface area (Å²) >= 11 is 0. The zero-order valence-corrected chi connectivity index (χ0v) is 37.2. The molecule has 13 aromatic rings. The van der Waals surface area contributed by atoms with Crippen LogP contribution in [0.25, 0.3) is 67.1 Å². The summed E-state index contributed by atoms with van der Waals surface area (Å²) in [6.45, 7) is 0. The van der Waals surface area contributed by atoms with Gasteiger partial charge in [-0.1, -0.05) is 102 Å². The normalized spacial score (nSPS) is 12.9. The van der Waals surface area contributed by atoms with E-state index in [1.54, 1.807) is 0 Å². The average Bonchev–Trinajstić information content (AvgIpc) is 4.11. The van der Waals surface area contributed by atoms with Crippen molar-refractivity contribution in [1.82, 2.24) is 27.9 Å². The van der Waals surface area contributed by atoms with Crippen LogP contribution in [-0.2, 0) is 21.1 Å². The van der Waals surface area contributed by atoms with E-state index in [0.29, 0.717) is 0 Å². The number of anilines is 9. The van der Waals surface area contributed by atoms with Crippen molar-refractivity contribution in [2.75, 3.05) is 14.7 Å². The fourth-order valence-electron chi connectivity index (χ4n) is 10.5. The van der Waals surface area contributed by atoms with Gasteiger partial charge in [0.25, 0.3) is 0 Å². The molecule has 0 saturated heterocycles. The molecular weight excluding hydrogens is 994 g/mol. The van der Waals surface area contributed by atoms with E-state index >= 15 is 0 Å². The van der Waals surface area contributed by atoms with E-state index in [2.05, 4.69) is 233 Å². The van der Waals surface area contributed by atoms with Crippen LogP contribution in [0.3, 0.4) is 0 Å². The maximum absolute atomic E-state index is 5.25. The topological polar surface area (TPSA) is 54.2 Å². The molecule has 0 unspecified atom stereocenters. The molecule has 9 nitrogen and oxygen atoms in total. The molecule has 6 heterocycles. The van der Waals surface area contributed by atoms with Crippen LogP contribution in [0.1, 0.15) is 0 Å². The molecule has 15 rings (SSSR count).